The van der Waals surface area contributed by atoms with Crippen LogP contribution in [0.15, 0.2) is 84.6 Å². The Morgan fingerprint density at radius 3 is 2.08 bits per heavy atom. The summed E-state index contributed by atoms with van der Waals surface area (Å²) < 4.78 is 17.9. The van der Waals surface area contributed by atoms with Crippen LogP contribution in [-0.4, -0.2) is 64.7 Å². The van der Waals surface area contributed by atoms with E-state index in [2.05, 4.69) is 115 Å². The Balaban J connectivity index is 1.06. The molecule has 0 spiro atoms. The third-order valence-corrected chi connectivity index (χ3v) is 15.4. The fourth-order valence-electron chi connectivity index (χ4n) is 11.4. The van der Waals surface area contributed by atoms with Crippen LogP contribution < -0.4 is 0 Å². The van der Waals surface area contributed by atoms with Crippen LogP contribution in [0.1, 0.15) is 138 Å². The summed E-state index contributed by atoms with van der Waals surface area (Å²) in [6, 6.07) is 0. The van der Waals surface area contributed by atoms with Crippen LogP contribution in [0.5, 0.6) is 0 Å². The molecule has 1 saturated heterocycles. The van der Waals surface area contributed by atoms with E-state index < -0.39 is 36.7 Å². The fourth-order valence-corrected chi connectivity index (χ4v) is 11.4. The van der Waals surface area contributed by atoms with Crippen molar-refractivity contribution in [1.29, 1.82) is 0 Å². The van der Waals surface area contributed by atoms with Crippen LogP contribution in [0.3, 0.4) is 0 Å². The summed E-state index contributed by atoms with van der Waals surface area (Å²) in [6.45, 7) is 16.5. The van der Waals surface area contributed by atoms with Crippen molar-refractivity contribution in [2.24, 2.45) is 52.3 Å². The van der Waals surface area contributed by atoms with Crippen LogP contribution in [-0.2, 0) is 19.0 Å². The highest BCUT2D eigenvalue weighted by atomic mass is 16.7. The van der Waals surface area contributed by atoms with E-state index in [9.17, 15) is 20.1 Å². The highest BCUT2D eigenvalue weighted by molar-refractivity contribution is 5.71. The van der Waals surface area contributed by atoms with E-state index in [1.807, 2.05) is 6.08 Å². The van der Waals surface area contributed by atoms with Gasteiger partial charge in [-0.2, -0.15) is 0 Å². The molecule has 1 aliphatic heterocycles. The monoisotopic (exact) mass is 817 g/mol. The number of allylic oxidation sites excluding steroid dienone is 12. The van der Waals surface area contributed by atoms with E-state index in [4.69, 9.17) is 14.2 Å². The number of aliphatic hydroxyl groups excluding tert-OH is 3. The maximum atomic E-state index is 12.5. The minimum atomic E-state index is -1.48. The van der Waals surface area contributed by atoms with Gasteiger partial charge in [0.1, 0.15) is 31.0 Å². The number of carbonyl (C=O) groups excluding carboxylic acids is 1. The first-order chi connectivity index (χ1) is 28.3. The first kappa shape index (κ1) is 47.5. The van der Waals surface area contributed by atoms with Crippen molar-refractivity contribution in [3.63, 3.8) is 0 Å². The lowest BCUT2D eigenvalue weighted by molar-refractivity contribution is -0.313. The molecule has 0 bridgehead atoms. The smallest absolute Gasteiger partial charge is 0.309 e. The summed E-state index contributed by atoms with van der Waals surface area (Å²) in [5.41, 5.74) is 2.01. The zero-order valence-electron chi connectivity index (χ0n) is 37.6. The molecule has 0 aromatic rings. The average Bonchev–Trinajstić information content (AvgIpc) is 3.58. The third-order valence-electron chi connectivity index (χ3n) is 15.4. The molecule has 7 nitrogen and oxygen atoms in total. The van der Waals surface area contributed by atoms with Gasteiger partial charge in [0.25, 0.3) is 0 Å². The molecule has 0 aromatic carbocycles. The second kappa shape index (κ2) is 22.5. The Kier molecular flexibility index (Phi) is 18.1. The largest absolute Gasteiger partial charge is 0.463 e. The lowest BCUT2D eigenvalue weighted by atomic mass is 9.47. The van der Waals surface area contributed by atoms with Gasteiger partial charge in [-0.25, -0.2) is 0 Å². The summed E-state index contributed by atoms with van der Waals surface area (Å²) in [6.07, 6.45) is 35.5. The van der Waals surface area contributed by atoms with E-state index in [-0.39, 0.29) is 24.5 Å². The number of aliphatic hydroxyl groups is 3. The molecule has 0 amide bonds. The average molecular weight is 817 g/mol. The van der Waals surface area contributed by atoms with Gasteiger partial charge in [-0.3, -0.25) is 4.79 Å². The van der Waals surface area contributed by atoms with E-state index in [0.29, 0.717) is 35.5 Å². The van der Waals surface area contributed by atoms with Crippen molar-refractivity contribution in [1.82, 2.24) is 0 Å². The molecule has 14 unspecified atom stereocenters. The van der Waals surface area contributed by atoms with Crippen LogP contribution in [0.2, 0.25) is 0 Å². The third kappa shape index (κ3) is 12.1. The highest BCUT2D eigenvalue weighted by Crippen LogP contribution is 2.67. The number of fused-ring (bicyclic) bond motifs is 5. The van der Waals surface area contributed by atoms with Crippen LogP contribution in [0.25, 0.3) is 0 Å². The topological polar surface area (TPSA) is 105 Å². The van der Waals surface area contributed by atoms with E-state index in [1.54, 1.807) is 6.08 Å². The predicted octanol–water partition coefficient (Wildman–Crippen LogP) is 10.9. The van der Waals surface area contributed by atoms with Gasteiger partial charge in [-0.05, 0) is 136 Å². The minimum Gasteiger partial charge on any atom is -0.463 e. The first-order valence-electron chi connectivity index (χ1n) is 23.4. The highest BCUT2D eigenvalue weighted by Gasteiger charge is 2.59. The summed E-state index contributed by atoms with van der Waals surface area (Å²) in [7, 11) is 0. The first-order valence-corrected chi connectivity index (χ1v) is 23.4. The van der Waals surface area contributed by atoms with Gasteiger partial charge >= 0.3 is 5.97 Å². The molecule has 4 fully saturated rings. The maximum absolute atomic E-state index is 12.5. The van der Waals surface area contributed by atoms with Gasteiger partial charge in [0.05, 0.1) is 12.5 Å². The Morgan fingerprint density at radius 2 is 1.44 bits per heavy atom. The Labute approximate surface area is 357 Å². The normalized spacial score (nSPS) is 37.5. The van der Waals surface area contributed by atoms with Gasteiger partial charge < -0.3 is 29.5 Å². The van der Waals surface area contributed by atoms with Crippen molar-refractivity contribution >= 4 is 5.97 Å². The van der Waals surface area contributed by atoms with Crippen LogP contribution in [0.4, 0.5) is 0 Å². The second-order valence-corrected chi connectivity index (χ2v) is 19.4. The molecule has 0 radical (unpaired) electrons. The molecule has 7 heteroatoms. The summed E-state index contributed by atoms with van der Waals surface area (Å²) in [5, 5.41) is 32.4. The van der Waals surface area contributed by atoms with Crippen LogP contribution in [0, 0.1) is 52.3 Å². The molecule has 330 valence electrons. The zero-order chi connectivity index (χ0) is 42.6. The number of ether oxygens (including phenoxy) is 3. The molecule has 14 atom stereocenters. The molecule has 59 heavy (non-hydrogen) atoms. The molecular formula is C52H80O7. The van der Waals surface area contributed by atoms with Crippen molar-refractivity contribution < 1.29 is 34.3 Å². The lowest BCUT2D eigenvalue weighted by Gasteiger charge is -2.58. The molecule has 4 aliphatic carbocycles. The van der Waals surface area contributed by atoms with Gasteiger partial charge in [-0.15, -0.1) is 0 Å². The lowest BCUT2D eigenvalue weighted by Crippen LogP contribution is -2.60. The van der Waals surface area contributed by atoms with E-state index >= 15 is 0 Å². The van der Waals surface area contributed by atoms with Gasteiger partial charge in [0, 0.05) is 0 Å². The molecule has 5 rings (SSSR count). The van der Waals surface area contributed by atoms with Crippen molar-refractivity contribution in [2.75, 3.05) is 6.61 Å². The van der Waals surface area contributed by atoms with Crippen molar-refractivity contribution in [3.8, 4) is 0 Å². The Morgan fingerprint density at radius 1 is 0.797 bits per heavy atom. The second-order valence-electron chi connectivity index (χ2n) is 19.4. The van der Waals surface area contributed by atoms with Crippen LogP contribution >= 0.6 is 0 Å². The summed E-state index contributed by atoms with van der Waals surface area (Å²) >= 11 is 0. The fraction of sp³-hybridized carbons (Fsp3) is 0.712. The quantitative estimate of drug-likeness (QED) is 0.0881. The number of carbonyl (C=O) groups is 1. The Bertz CT molecular complexity index is 1540. The summed E-state index contributed by atoms with van der Waals surface area (Å²) in [5.74, 6) is 4.36. The number of rotatable bonds is 19. The number of esters is 1. The molecule has 3 N–H and O–H groups in total. The number of hydrogen-bond donors (Lipinski definition) is 3. The molecule has 5 aliphatic rings. The number of hydrogen-bond acceptors (Lipinski definition) is 7. The molecular weight excluding hydrogens is 737 g/mol. The van der Waals surface area contributed by atoms with Gasteiger partial charge in [0.2, 0.25) is 0 Å². The molecule has 3 saturated carbocycles. The van der Waals surface area contributed by atoms with Crippen molar-refractivity contribution in [2.45, 2.75) is 175 Å². The zero-order valence-corrected chi connectivity index (χ0v) is 37.6. The van der Waals surface area contributed by atoms with E-state index in [1.165, 1.54) is 31.3 Å². The minimum absolute atomic E-state index is 0.0913. The summed E-state index contributed by atoms with van der Waals surface area (Å²) in [4.78, 5) is 12.5. The predicted molar refractivity (Wildman–Crippen MR) is 239 cm³/mol. The maximum Gasteiger partial charge on any atom is 0.309 e. The molecule has 0 aromatic heterocycles. The standard InChI is InChI=1S/C52H80O7/c1-8-9-10-11-12-13-14-15-16-17-18-19-20-21-22-23-46(53)57-35-45-47(54)48(55)49(56)50(59-45)58-40-30-32-51(6)39(34-40)26-27-41-43-29-28-42(52(43,7)33-31-44(41)51)38(5)25-24-37(4)36(2)3/h9-10,12-13,15-16,18-19,21-22,24-26,36-38,40-45,47-50,54-56H,8,11,14,17,20,23,27-35H2,1-7H3/b10-9-,13-12-,16-15-,19-18-,22-21-,25-24+. The SMILES string of the molecule is CC/C=C\C/C=C\C/C=C\C/C=C\C/C=C\CC(=O)OCC1OC(OC2CCC3(C)C(=CCC4C3CCC3(C)C(C(C)/C=C/C(C)C(C)C)CCC43)C2)C(O)C(O)C1O. The Hall–Kier alpha value is -2.55. The molecule has 1 heterocycles. The van der Waals surface area contributed by atoms with Crippen molar-refractivity contribution in [3.05, 3.63) is 84.6 Å². The van der Waals surface area contributed by atoms with E-state index in [0.717, 1.165) is 69.1 Å². The van der Waals surface area contributed by atoms with Gasteiger partial charge in [0.15, 0.2) is 6.29 Å². The van der Waals surface area contributed by atoms with Gasteiger partial charge in [-0.1, -0.05) is 133 Å².